The predicted molar refractivity (Wildman–Crippen MR) is 77.8 cm³/mol. The van der Waals surface area contributed by atoms with Crippen molar-refractivity contribution in [1.29, 1.82) is 0 Å². The van der Waals surface area contributed by atoms with E-state index in [2.05, 4.69) is 0 Å². The Morgan fingerprint density at radius 1 is 1.23 bits per heavy atom. The quantitative estimate of drug-likeness (QED) is 0.823. The fourth-order valence-corrected chi connectivity index (χ4v) is 4.52. The highest BCUT2D eigenvalue weighted by Crippen LogP contribution is 2.33. The van der Waals surface area contributed by atoms with Crippen molar-refractivity contribution in [3.63, 3.8) is 0 Å². The molecule has 1 amide bonds. The Bertz CT molecular complexity index is 549. The van der Waals surface area contributed by atoms with E-state index in [1.807, 2.05) is 0 Å². The van der Waals surface area contributed by atoms with Crippen molar-refractivity contribution in [2.45, 2.75) is 44.3 Å². The number of hydrogen-bond acceptors (Lipinski definition) is 4. The van der Waals surface area contributed by atoms with Crippen LogP contribution in [-0.2, 0) is 19.4 Å². The number of halogens is 1. The Labute approximate surface area is 129 Å². The molecule has 1 heterocycles. The third-order valence-corrected chi connectivity index (χ3v) is 5.50. The standard InChI is InChI=1S/C14H22FNO5S/c1-22(20,21)8-12-6-11(15)7-16(12)13(17)9-3-2-4-10(5-9)14(18)19/h9-12H,2-8H2,1H3,(H,18,19)/t9-,10+,11+,12+/m1/s1. The van der Waals surface area contributed by atoms with Crippen LogP contribution < -0.4 is 0 Å². The van der Waals surface area contributed by atoms with Crippen LogP contribution in [0.25, 0.3) is 0 Å². The zero-order chi connectivity index (χ0) is 16.5. The summed E-state index contributed by atoms with van der Waals surface area (Å²) in [5.74, 6) is -2.43. The summed E-state index contributed by atoms with van der Waals surface area (Å²) in [6.45, 7) is -0.0900. The number of alkyl halides is 1. The van der Waals surface area contributed by atoms with Crippen LogP contribution in [0, 0.1) is 11.8 Å². The number of hydrogen-bond donors (Lipinski definition) is 1. The van der Waals surface area contributed by atoms with Gasteiger partial charge in [0.1, 0.15) is 16.0 Å². The van der Waals surface area contributed by atoms with Crippen LogP contribution in [0.3, 0.4) is 0 Å². The van der Waals surface area contributed by atoms with Gasteiger partial charge < -0.3 is 10.0 Å². The molecule has 0 aromatic heterocycles. The number of carbonyl (C=O) groups is 2. The van der Waals surface area contributed by atoms with Gasteiger partial charge in [-0.15, -0.1) is 0 Å². The average Bonchev–Trinajstić information content (AvgIpc) is 2.76. The van der Waals surface area contributed by atoms with E-state index < -0.39 is 39.9 Å². The van der Waals surface area contributed by atoms with Crippen LogP contribution in [0.2, 0.25) is 0 Å². The van der Waals surface area contributed by atoms with Crippen LogP contribution in [0.1, 0.15) is 32.1 Å². The molecule has 0 bridgehead atoms. The van der Waals surface area contributed by atoms with Crippen molar-refractivity contribution in [2.24, 2.45) is 11.8 Å². The van der Waals surface area contributed by atoms with Crippen LogP contribution >= 0.6 is 0 Å². The molecule has 0 unspecified atom stereocenters. The molecule has 8 heteroatoms. The molecule has 1 N–H and O–H groups in total. The molecule has 4 atom stereocenters. The lowest BCUT2D eigenvalue weighted by atomic mass is 9.80. The zero-order valence-electron chi connectivity index (χ0n) is 12.6. The van der Waals surface area contributed by atoms with Gasteiger partial charge in [0.25, 0.3) is 0 Å². The summed E-state index contributed by atoms with van der Waals surface area (Å²) in [5.41, 5.74) is 0. The molecule has 0 aromatic carbocycles. The number of likely N-dealkylation sites (tertiary alicyclic amines) is 1. The number of amides is 1. The van der Waals surface area contributed by atoms with Gasteiger partial charge in [-0.2, -0.15) is 0 Å². The van der Waals surface area contributed by atoms with E-state index in [4.69, 9.17) is 5.11 Å². The largest absolute Gasteiger partial charge is 0.481 e. The third kappa shape index (κ3) is 4.18. The number of nitrogens with zero attached hydrogens (tertiary/aromatic N) is 1. The summed E-state index contributed by atoms with van der Waals surface area (Å²) in [6, 6.07) is -0.636. The molecule has 1 saturated heterocycles. The van der Waals surface area contributed by atoms with Crippen molar-refractivity contribution in [2.75, 3.05) is 18.6 Å². The molecule has 0 aromatic rings. The number of carboxylic acids is 1. The van der Waals surface area contributed by atoms with Gasteiger partial charge in [0.15, 0.2) is 0 Å². The zero-order valence-corrected chi connectivity index (χ0v) is 13.4. The summed E-state index contributed by atoms with van der Waals surface area (Å²) in [7, 11) is -3.31. The maximum Gasteiger partial charge on any atom is 0.306 e. The summed E-state index contributed by atoms with van der Waals surface area (Å²) < 4.78 is 36.5. The number of carbonyl (C=O) groups excluding carboxylic acids is 1. The molecule has 2 fully saturated rings. The van der Waals surface area contributed by atoms with Gasteiger partial charge >= 0.3 is 5.97 Å². The molecule has 6 nitrogen and oxygen atoms in total. The molecular formula is C14H22FNO5S. The lowest BCUT2D eigenvalue weighted by molar-refractivity contribution is -0.145. The number of carboxylic acid groups (broad SMARTS) is 1. The Kier molecular flexibility index (Phi) is 5.09. The van der Waals surface area contributed by atoms with Crippen LogP contribution in [-0.4, -0.2) is 61.1 Å². The Balaban J connectivity index is 2.07. The van der Waals surface area contributed by atoms with E-state index in [1.165, 1.54) is 4.90 Å². The van der Waals surface area contributed by atoms with Gasteiger partial charge in [-0.05, 0) is 19.3 Å². The maximum atomic E-state index is 13.6. The number of aliphatic carboxylic acids is 1. The fourth-order valence-electron chi connectivity index (χ4n) is 3.51. The molecular weight excluding hydrogens is 313 g/mol. The second-order valence-electron chi connectivity index (χ2n) is 6.47. The van der Waals surface area contributed by atoms with E-state index in [0.29, 0.717) is 19.3 Å². The first-order valence-electron chi connectivity index (χ1n) is 7.52. The summed E-state index contributed by atoms with van der Waals surface area (Å²) in [5, 5.41) is 9.09. The summed E-state index contributed by atoms with van der Waals surface area (Å²) >= 11 is 0. The normalized spacial score (nSPS) is 32.9. The first-order chi connectivity index (χ1) is 10.2. The highest BCUT2D eigenvalue weighted by atomic mass is 32.2. The molecule has 1 aliphatic heterocycles. The van der Waals surface area contributed by atoms with Crippen LogP contribution in [0.5, 0.6) is 0 Å². The third-order valence-electron chi connectivity index (χ3n) is 4.51. The highest BCUT2D eigenvalue weighted by Gasteiger charge is 2.41. The van der Waals surface area contributed by atoms with E-state index in [9.17, 15) is 22.4 Å². The van der Waals surface area contributed by atoms with Gasteiger partial charge in [0.2, 0.25) is 5.91 Å². The Morgan fingerprint density at radius 2 is 1.86 bits per heavy atom. The predicted octanol–water partition coefficient (Wildman–Crippen LogP) is 0.861. The minimum atomic E-state index is -3.31. The minimum Gasteiger partial charge on any atom is -0.481 e. The molecule has 1 aliphatic carbocycles. The molecule has 22 heavy (non-hydrogen) atoms. The fraction of sp³-hybridized carbons (Fsp3) is 0.857. The van der Waals surface area contributed by atoms with Crippen molar-refractivity contribution >= 4 is 21.7 Å². The molecule has 0 spiro atoms. The average molecular weight is 335 g/mol. The number of sulfone groups is 1. The first kappa shape index (κ1) is 17.2. The van der Waals surface area contributed by atoms with Gasteiger partial charge in [-0.1, -0.05) is 6.42 Å². The van der Waals surface area contributed by atoms with Crippen LogP contribution in [0.15, 0.2) is 0 Å². The van der Waals surface area contributed by atoms with Crippen molar-refractivity contribution in [3.8, 4) is 0 Å². The van der Waals surface area contributed by atoms with Gasteiger partial charge in [0, 0.05) is 24.6 Å². The summed E-state index contributed by atoms with van der Waals surface area (Å²) in [4.78, 5) is 25.0. The number of rotatable bonds is 4. The second kappa shape index (κ2) is 6.52. The van der Waals surface area contributed by atoms with E-state index >= 15 is 0 Å². The molecule has 1 saturated carbocycles. The molecule has 2 rings (SSSR count). The lowest BCUT2D eigenvalue weighted by Crippen LogP contribution is -2.44. The molecule has 126 valence electrons. The van der Waals surface area contributed by atoms with Crippen molar-refractivity contribution in [3.05, 3.63) is 0 Å². The molecule has 0 radical (unpaired) electrons. The SMILES string of the molecule is CS(=O)(=O)C[C@@H]1C[C@H](F)CN1C(=O)[C@@H]1CCC[C@H](C(=O)O)C1. The topological polar surface area (TPSA) is 91.8 Å². The smallest absolute Gasteiger partial charge is 0.306 e. The second-order valence-corrected chi connectivity index (χ2v) is 8.65. The van der Waals surface area contributed by atoms with Crippen molar-refractivity contribution in [1.82, 2.24) is 4.90 Å². The van der Waals surface area contributed by atoms with E-state index in [1.54, 1.807) is 0 Å². The Morgan fingerprint density at radius 3 is 2.45 bits per heavy atom. The van der Waals surface area contributed by atoms with Crippen LogP contribution in [0.4, 0.5) is 4.39 Å². The minimum absolute atomic E-state index is 0.0356. The molecule has 2 aliphatic rings. The van der Waals surface area contributed by atoms with Gasteiger partial charge in [-0.25, -0.2) is 12.8 Å². The Hall–Kier alpha value is -1.18. The van der Waals surface area contributed by atoms with Crippen molar-refractivity contribution < 1.29 is 27.5 Å². The lowest BCUT2D eigenvalue weighted by Gasteiger charge is -2.32. The monoisotopic (exact) mass is 335 g/mol. The van der Waals surface area contributed by atoms with E-state index in [0.717, 1.165) is 6.26 Å². The highest BCUT2D eigenvalue weighted by molar-refractivity contribution is 7.90. The van der Waals surface area contributed by atoms with Gasteiger partial charge in [0.05, 0.1) is 18.2 Å². The summed E-state index contributed by atoms with van der Waals surface area (Å²) in [6.07, 6.45) is 1.94. The first-order valence-corrected chi connectivity index (χ1v) is 9.58. The van der Waals surface area contributed by atoms with Gasteiger partial charge in [-0.3, -0.25) is 9.59 Å². The maximum absolute atomic E-state index is 13.6. The van der Waals surface area contributed by atoms with E-state index in [-0.39, 0.29) is 31.0 Å².